The van der Waals surface area contributed by atoms with Crippen molar-refractivity contribution in [3.8, 4) is 0 Å². The third-order valence-corrected chi connectivity index (χ3v) is 3.33. The van der Waals surface area contributed by atoms with Crippen molar-refractivity contribution in [3.63, 3.8) is 0 Å². The van der Waals surface area contributed by atoms with E-state index in [1.165, 1.54) is 17.5 Å². The Hall–Kier alpha value is -0.570. The van der Waals surface area contributed by atoms with Gasteiger partial charge in [-0.25, -0.2) is 0 Å². The SMILES string of the molecule is COCCCNC1CCc2cc(Cl)ccc21. The molecular formula is C13H18ClNO. The summed E-state index contributed by atoms with van der Waals surface area (Å²) in [4.78, 5) is 0. The molecule has 1 aromatic rings. The predicted octanol–water partition coefficient (Wildman–Crippen LogP) is 2.95. The van der Waals surface area contributed by atoms with E-state index in [0.717, 1.165) is 31.0 Å². The molecule has 0 saturated heterocycles. The van der Waals surface area contributed by atoms with E-state index in [4.69, 9.17) is 16.3 Å². The van der Waals surface area contributed by atoms with E-state index in [1.54, 1.807) is 7.11 Å². The summed E-state index contributed by atoms with van der Waals surface area (Å²) in [5, 5.41) is 4.42. The van der Waals surface area contributed by atoms with Crippen molar-refractivity contribution in [1.82, 2.24) is 5.32 Å². The molecule has 0 spiro atoms. The van der Waals surface area contributed by atoms with Gasteiger partial charge >= 0.3 is 0 Å². The highest BCUT2D eigenvalue weighted by atomic mass is 35.5. The second-order valence-electron chi connectivity index (χ2n) is 4.23. The lowest BCUT2D eigenvalue weighted by atomic mass is 10.1. The van der Waals surface area contributed by atoms with E-state index in [2.05, 4.69) is 17.4 Å². The van der Waals surface area contributed by atoms with E-state index in [1.807, 2.05) is 6.07 Å². The van der Waals surface area contributed by atoms with Gasteiger partial charge in [0, 0.05) is 24.8 Å². The zero-order chi connectivity index (χ0) is 11.4. The van der Waals surface area contributed by atoms with Gasteiger partial charge < -0.3 is 10.1 Å². The molecule has 0 fully saturated rings. The normalized spacial score (nSPS) is 18.8. The zero-order valence-corrected chi connectivity index (χ0v) is 10.4. The Morgan fingerprint density at radius 3 is 3.19 bits per heavy atom. The van der Waals surface area contributed by atoms with Gasteiger partial charge in [0.2, 0.25) is 0 Å². The Balaban J connectivity index is 1.91. The molecule has 2 nitrogen and oxygen atoms in total. The van der Waals surface area contributed by atoms with Crippen LogP contribution in [0.15, 0.2) is 18.2 Å². The molecule has 1 aliphatic carbocycles. The number of halogens is 1. The van der Waals surface area contributed by atoms with Gasteiger partial charge in [-0.2, -0.15) is 0 Å². The van der Waals surface area contributed by atoms with Gasteiger partial charge in [0.05, 0.1) is 0 Å². The summed E-state index contributed by atoms with van der Waals surface area (Å²) >= 11 is 5.98. The largest absolute Gasteiger partial charge is 0.385 e. The van der Waals surface area contributed by atoms with Gasteiger partial charge in [-0.3, -0.25) is 0 Å². The van der Waals surface area contributed by atoms with E-state index in [9.17, 15) is 0 Å². The molecule has 0 heterocycles. The van der Waals surface area contributed by atoms with Gasteiger partial charge in [-0.05, 0) is 49.1 Å². The first-order chi connectivity index (χ1) is 7.81. The summed E-state index contributed by atoms with van der Waals surface area (Å²) in [7, 11) is 1.74. The van der Waals surface area contributed by atoms with Gasteiger partial charge in [0.15, 0.2) is 0 Å². The molecule has 16 heavy (non-hydrogen) atoms. The Labute approximate surface area is 102 Å². The first kappa shape index (κ1) is 11.9. The second kappa shape index (κ2) is 5.67. The molecule has 1 N–H and O–H groups in total. The lowest BCUT2D eigenvalue weighted by molar-refractivity contribution is 0.193. The van der Waals surface area contributed by atoms with Crippen LogP contribution < -0.4 is 5.32 Å². The number of nitrogens with one attached hydrogen (secondary N) is 1. The summed E-state index contributed by atoms with van der Waals surface area (Å²) in [6.45, 7) is 1.84. The van der Waals surface area contributed by atoms with Gasteiger partial charge in [0.1, 0.15) is 0 Å². The molecule has 88 valence electrons. The first-order valence-electron chi connectivity index (χ1n) is 5.82. The lowest BCUT2D eigenvalue weighted by Crippen LogP contribution is -2.21. The molecule has 0 aromatic heterocycles. The molecule has 3 heteroatoms. The van der Waals surface area contributed by atoms with E-state index >= 15 is 0 Å². The van der Waals surface area contributed by atoms with Crippen molar-refractivity contribution in [2.24, 2.45) is 0 Å². The third kappa shape index (κ3) is 2.76. The van der Waals surface area contributed by atoms with E-state index in [-0.39, 0.29) is 0 Å². The molecule has 1 atom stereocenters. The fraction of sp³-hybridized carbons (Fsp3) is 0.538. The van der Waals surface area contributed by atoms with Crippen LogP contribution in [0.1, 0.15) is 30.0 Å². The predicted molar refractivity (Wildman–Crippen MR) is 67.0 cm³/mol. The number of aryl methyl sites for hydroxylation is 1. The van der Waals surface area contributed by atoms with Gasteiger partial charge in [-0.15, -0.1) is 0 Å². The smallest absolute Gasteiger partial charge is 0.0474 e. The van der Waals surface area contributed by atoms with Crippen LogP contribution in [-0.2, 0) is 11.2 Å². The number of benzene rings is 1. The molecule has 0 bridgehead atoms. The minimum Gasteiger partial charge on any atom is -0.385 e. The highest BCUT2D eigenvalue weighted by molar-refractivity contribution is 6.30. The number of fused-ring (bicyclic) bond motifs is 1. The van der Waals surface area contributed by atoms with Crippen molar-refractivity contribution in [2.45, 2.75) is 25.3 Å². The van der Waals surface area contributed by atoms with E-state index < -0.39 is 0 Å². The number of hydrogen-bond acceptors (Lipinski definition) is 2. The van der Waals surface area contributed by atoms with Crippen molar-refractivity contribution in [1.29, 1.82) is 0 Å². The maximum absolute atomic E-state index is 5.98. The number of methoxy groups -OCH3 is 1. The second-order valence-corrected chi connectivity index (χ2v) is 4.67. The number of rotatable bonds is 5. The highest BCUT2D eigenvalue weighted by Crippen LogP contribution is 2.32. The van der Waals surface area contributed by atoms with Crippen molar-refractivity contribution in [2.75, 3.05) is 20.3 Å². The van der Waals surface area contributed by atoms with Crippen LogP contribution in [0.4, 0.5) is 0 Å². The molecule has 0 amide bonds. The summed E-state index contributed by atoms with van der Waals surface area (Å²) in [5.41, 5.74) is 2.82. The molecule has 0 saturated carbocycles. The van der Waals surface area contributed by atoms with Crippen LogP contribution >= 0.6 is 11.6 Å². The average Bonchev–Trinajstić information content (AvgIpc) is 2.67. The summed E-state index contributed by atoms with van der Waals surface area (Å²) in [5.74, 6) is 0. The van der Waals surface area contributed by atoms with Crippen LogP contribution in [-0.4, -0.2) is 20.3 Å². The van der Waals surface area contributed by atoms with Crippen molar-refractivity contribution in [3.05, 3.63) is 34.3 Å². The minimum atomic E-state index is 0.504. The Kier molecular flexibility index (Phi) is 4.22. The van der Waals surface area contributed by atoms with Gasteiger partial charge in [-0.1, -0.05) is 17.7 Å². The fourth-order valence-electron chi connectivity index (χ4n) is 2.29. The molecule has 0 radical (unpaired) electrons. The van der Waals surface area contributed by atoms with Crippen LogP contribution in [0.5, 0.6) is 0 Å². The average molecular weight is 240 g/mol. The monoisotopic (exact) mass is 239 g/mol. The summed E-state index contributed by atoms with van der Waals surface area (Å²) < 4.78 is 5.03. The summed E-state index contributed by atoms with van der Waals surface area (Å²) in [6, 6.07) is 6.73. The molecule has 2 rings (SSSR count). The maximum Gasteiger partial charge on any atom is 0.0474 e. The Morgan fingerprint density at radius 1 is 1.50 bits per heavy atom. The summed E-state index contributed by atoms with van der Waals surface area (Å²) in [6.07, 6.45) is 3.39. The molecule has 0 aliphatic heterocycles. The standard InChI is InChI=1S/C13H18ClNO/c1-16-8-2-7-15-13-6-3-10-9-11(14)4-5-12(10)13/h4-5,9,13,15H,2-3,6-8H2,1H3. The van der Waals surface area contributed by atoms with Crippen LogP contribution in [0.3, 0.4) is 0 Å². The highest BCUT2D eigenvalue weighted by Gasteiger charge is 2.21. The van der Waals surface area contributed by atoms with Crippen molar-refractivity contribution < 1.29 is 4.74 Å². The van der Waals surface area contributed by atoms with E-state index in [0.29, 0.717) is 6.04 Å². The first-order valence-corrected chi connectivity index (χ1v) is 6.19. The number of hydrogen-bond donors (Lipinski definition) is 1. The lowest BCUT2D eigenvalue weighted by Gasteiger charge is -2.13. The zero-order valence-electron chi connectivity index (χ0n) is 9.63. The Bertz CT molecular complexity index is 354. The van der Waals surface area contributed by atoms with Crippen LogP contribution in [0.25, 0.3) is 0 Å². The Morgan fingerprint density at radius 2 is 2.38 bits per heavy atom. The van der Waals surface area contributed by atoms with Crippen LogP contribution in [0, 0.1) is 0 Å². The molecule has 1 unspecified atom stereocenters. The third-order valence-electron chi connectivity index (χ3n) is 3.10. The van der Waals surface area contributed by atoms with Crippen molar-refractivity contribution >= 4 is 11.6 Å². The molecular weight excluding hydrogens is 222 g/mol. The minimum absolute atomic E-state index is 0.504. The van der Waals surface area contributed by atoms with Crippen LogP contribution in [0.2, 0.25) is 5.02 Å². The maximum atomic E-state index is 5.98. The fourth-order valence-corrected chi connectivity index (χ4v) is 2.49. The topological polar surface area (TPSA) is 21.3 Å². The molecule has 1 aromatic carbocycles. The quantitative estimate of drug-likeness (QED) is 0.798. The van der Waals surface area contributed by atoms with Gasteiger partial charge in [0.25, 0.3) is 0 Å². The number of ether oxygens (including phenoxy) is 1. The molecule has 1 aliphatic rings.